The van der Waals surface area contributed by atoms with Crippen LogP contribution in [0.15, 0.2) is 41.8 Å². The highest BCUT2D eigenvalue weighted by molar-refractivity contribution is 7.10. The van der Waals surface area contributed by atoms with Crippen molar-refractivity contribution in [3.63, 3.8) is 0 Å². The Labute approximate surface area is 165 Å². The zero-order valence-electron chi connectivity index (χ0n) is 15.8. The van der Waals surface area contributed by atoms with Gasteiger partial charge in [0.1, 0.15) is 5.54 Å². The van der Waals surface area contributed by atoms with E-state index in [4.69, 9.17) is 0 Å². The molecule has 0 spiro atoms. The lowest BCUT2D eigenvalue weighted by atomic mass is 9.83. The SMILES string of the molecule is CCc1ccc(C(NCC(=O)NC2(C#N)CCCCC2)c2cccs2)cc1. The predicted molar refractivity (Wildman–Crippen MR) is 110 cm³/mol. The van der Waals surface area contributed by atoms with E-state index in [1.165, 1.54) is 10.4 Å². The third-order valence-corrected chi connectivity index (χ3v) is 6.25. The minimum absolute atomic E-state index is 0.0222. The topological polar surface area (TPSA) is 64.9 Å². The number of carbonyl (C=O) groups excluding carboxylic acids is 1. The summed E-state index contributed by atoms with van der Waals surface area (Å²) in [6, 6.07) is 15.0. The average Bonchev–Trinajstić information content (AvgIpc) is 3.24. The molecular formula is C22H27N3OS. The maximum absolute atomic E-state index is 12.6. The second-order valence-corrected chi connectivity index (χ2v) is 8.21. The van der Waals surface area contributed by atoms with Crippen molar-refractivity contribution in [2.24, 2.45) is 0 Å². The Morgan fingerprint density at radius 1 is 1.22 bits per heavy atom. The molecule has 1 aromatic heterocycles. The maximum atomic E-state index is 12.6. The summed E-state index contributed by atoms with van der Waals surface area (Å²) in [5.74, 6) is -0.106. The van der Waals surface area contributed by atoms with Crippen LogP contribution in [0.4, 0.5) is 0 Å². The fraction of sp³-hybridized carbons (Fsp3) is 0.455. The lowest BCUT2D eigenvalue weighted by molar-refractivity contribution is -0.122. The highest BCUT2D eigenvalue weighted by atomic mass is 32.1. The lowest BCUT2D eigenvalue weighted by Gasteiger charge is -2.31. The molecule has 1 saturated carbocycles. The number of benzene rings is 1. The van der Waals surface area contributed by atoms with Crippen molar-refractivity contribution in [3.8, 4) is 6.07 Å². The largest absolute Gasteiger partial charge is 0.337 e. The van der Waals surface area contributed by atoms with E-state index < -0.39 is 5.54 Å². The van der Waals surface area contributed by atoms with E-state index in [0.29, 0.717) is 0 Å². The van der Waals surface area contributed by atoms with E-state index in [9.17, 15) is 10.1 Å². The van der Waals surface area contributed by atoms with E-state index in [1.807, 2.05) is 6.07 Å². The second kappa shape index (κ2) is 9.16. The van der Waals surface area contributed by atoms with Gasteiger partial charge in [-0.3, -0.25) is 10.1 Å². The van der Waals surface area contributed by atoms with E-state index in [1.54, 1.807) is 11.3 Å². The van der Waals surface area contributed by atoms with E-state index in [0.717, 1.165) is 44.1 Å². The fourth-order valence-corrected chi connectivity index (χ4v) is 4.54. The van der Waals surface area contributed by atoms with Gasteiger partial charge in [-0.25, -0.2) is 0 Å². The lowest BCUT2D eigenvalue weighted by Crippen LogP contribution is -2.51. The first kappa shape index (κ1) is 19.6. The van der Waals surface area contributed by atoms with Gasteiger partial charge in [0.15, 0.2) is 0 Å². The van der Waals surface area contributed by atoms with Gasteiger partial charge in [-0.15, -0.1) is 11.3 Å². The van der Waals surface area contributed by atoms with Crippen LogP contribution >= 0.6 is 11.3 Å². The van der Waals surface area contributed by atoms with Crippen molar-refractivity contribution < 1.29 is 4.79 Å². The third-order valence-electron chi connectivity index (χ3n) is 5.32. The molecule has 0 aliphatic heterocycles. The standard InChI is InChI=1S/C22H27N3OS/c1-2-17-8-10-18(11-9-17)21(19-7-6-14-27-19)24-15-20(26)25-22(16-23)12-4-3-5-13-22/h6-11,14,21,24H,2-5,12-13,15H2,1H3,(H,25,26). The molecule has 142 valence electrons. The zero-order chi connectivity index (χ0) is 19.1. The van der Waals surface area contributed by atoms with Crippen molar-refractivity contribution in [1.82, 2.24) is 10.6 Å². The first-order valence-corrected chi connectivity index (χ1v) is 10.6. The van der Waals surface area contributed by atoms with Gasteiger partial charge in [0.25, 0.3) is 0 Å². The molecule has 0 radical (unpaired) electrons. The normalized spacial score (nSPS) is 17.0. The summed E-state index contributed by atoms with van der Waals surface area (Å²) in [6.45, 7) is 2.34. The summed E-state index contributed by atoms with van der Waals surface area (Å²) in [4.78, 5) is 13.7. The first-order valence-electron chi connectivity index (χ1n) is 9.74. The van der Waals surface area contributed by atoms with Crippen molar-refractivity contribution in [2.75, 3.05) is 6.54 Å². The van der Waals surface area contributed by atoms with Crippen molar-refractivity contribution in [1.29, 1.82) is 5.26 Å². The van der Waals surface area contributed by atoms with Crippen LogP contribution in [0.5, 0.6) is 0 Å². The molecule has 1 aromatic carbocycles. The Bertz CT molecular complexity index is 771. The molecule has 1 fully saturated rings. The predicted octanol–water partition coefficient (Wildman–Crippen LogP) is 4.33. The van der Waals surface area contributed by atoms with Crippen LogP contribution in [0.25, 0.3) is 0 Å². The van der Waals surface area contributed by atoms with Crippen LogP contribution in [-0.2, 0) is 11.2 Å². The summed E-state index contributed by atoms with van der Waals surface area (Å²) >= 11 is 1.68. The Morgan fingerprint density at radius 3 is 2.56 bits per heavy atom. The van der Waals surface area contributed by atoms with Gasteiger partial charge in [0, 0.05) is 4.88 Å². The summed E-state index contributed by atoms with van der Waals surface area (Å²) in [5.41, 5.74) is 1.77. The van der Waals surface area contributed by atoms with Gasteiger partial charge in [-0.1, -0.05) is 56.5 Å². The van der Waals surface area contributed by atoms with Crippen LogP contribution in [-0.4, -0.2) is 18.0 Å². The summed E-state index contributed by atoms with van der Waals surface area (Å²) in [6.07, 6.45) is 5.66. The quantitative estimate of drug-likeness (QED) is 0.750. The molecule has 1 aliphatic carbocycles. The Morgan fingerprint density at radius 2 is 1.96 bits per heavy atom. The van der Waals surface area contributed by atoms with Crippen molar-refractivity contribution in [3.05, 3.63) is 57.8 Å². The number of amides is 1. The van der Waals surface area contributed by atoms with Gasteiger partial charge < -0.3 is 5.32 Å². The van der Waals surface area contributed by atoms with E-state index in [2.05, 4.69) is 59.3 Å². The van der Waals surface area contributed by atoms with Crippen LogP contribution in [0.1, 0.15) is 61.1 Å². The van der Waals surface area contributed by atoms with E-state index in [-0.39, 0.29) is 18.5 Å². The maximum Gasteiger partial charge on any atom is 0.235 e. The van der Waals surface area contributed by atoms with Crippen LogP contribution < -0.4 is 10.6 Å². The van der Waals surface area contributed by atoms with Gasteiger partial charge in [0.2, 0.25) is 5.91 Å². The number of thiophene rings is 1. The molecule has 2 N–H and O–H groups in total. The Balaban J connectivity index is 1.67. The third kappa shape index (κ3) is 4.97. The monoisotopic (exact) mass is 381 g/mol. The van der Waals surface area contributed by atoms with Gasteiger partial charge in [-0.05, 0) is 41.8 Å². The fourth-order valence-electron chi connectivity index (χ4n) is 3.71. The molecule has 1 heterocycles. The smallest absolute Gasteiger partial charge is 0.235 e. The van der Waals surface area contributed by atoms with Crippen LogP contribution in [0.3, 0.4) is 0 Å². The van der Waals surface area contributed by atoms with E-state index >= 15 is 0 Å². The summed E-state index contributed by atoms with van der Waals surface area (Å²) in [5, 5.41) is 18.0. The molecule has 1 aliphatic rings. The van der Waals surface area contributed by atoms with Crippen molar-refractivity contribution >= 4 is 17.2 Å². The number of aryl methyl sites for hydroxylation is 1. The second-order valence-electron chi connectivity index (χ2n) is 7.23. The molecule has 1 atom stereocenters. The van der Waals surface area contributed by atoms with Crippen molar-refractivity contribution in [2.45, 2.75) is 57.0 Å². The van der Waals surface area contributed by atoms with Gasteiger partial charge in [-0.2, -0.15) is 5.26 Å². The highest BCUT2D eigenvalue weighted by Gasteiger charge is 2.33. The Hall–Kier alpha value is -2.16. The number of nitrogens with one attached hydrogen (secondary N) is 2. The molecule has 0 saturated heterocycles. The number of hydrogen-bond donors (Lipinski definition) is 2. The minimum Gasteiger partial charge on any atom is -0.337 e. The molecule has 5 heteroatoms. The number of rotatable bonds is 7. The van der Waals surface area contributed by atoms with Gasteiger partial charge in [0.05, 0.1) is 18.7 Å². The highest BCUT2D eigenvalue weighted by Crippen LogP contribution is 2.28. The number of carbonyl (C=O) groups is 1. The number of nitriles is 1. The molecule has 1 unspecified atom stereocenters. The molecular weight excluding hydrogens is 354 g/mol. The van der Waals surface area contributed by atoms with Gasteiger partial charge >= 0.3 is 0 Å². The Kier molecular flexibility index (Phi) is 6.65. The molecule has 1 amide bonds. The van der Waals surface area contributed by atoms with Crippen LogP contribution in [0.2, 0.25) is 0 Å². The molecule has 2 aromatic rings. The number of nitrogens with zero attached hydrogens (tertiary/aromatic N) is 1. The zero-order valence-corrected chi connectivity index (χ0v) is 16.6. The number of hydrogen-bond acceptors (Lipinski definition) is 4. The minimum atomic E-state index is -0.682. The average molecular weight is 382 g/mol. The molecule has 3 rings (SSSR count). The molecule has 0 bridgehead atoms. The van der Waals surface area contributed by atoms with Crippen LogP contribution in [0, 0.1) is 11.3 Å². The summed E-state index contributed by atoms with van der Waals surface area (Å²) in [7, 11) is 0. The summed E-state index contributed by atoms with van der Waals surface area (Å²) < 4.78 is 0. The molecule has 27 heavy (non-hydrogen) atoms. The molecule has 4 nitrogen and oxygen atoms in total. The first-order chi connectivity index (χ1) is 13.2.